The fourth-order valence-corrected chi connectivity index (χ4v) is 2.92. The van der Waals surface area contributed by atoms with Crippen LogP contribution in [0.4, 0.5) is 5.69 Å². The third-order valence-corrected chi connectivity index (χ3v) is 4.78. The highest BCUT2D eigenvalue weighted by molar-refractivity contribution is 9.10. The first-order valence-electron chi connectivity index (χ1n) is 5.99. The Bertz CT molecular complexity index is 804. The molecule has 0 aliphatic heterocycles. The lowest BCUT2D eigenvalue weighted by Crippen LogP contribution is -2.19. The molecular weight excluding hydrogens is 356 g/mol. The van der Waals surface area contributed by atoms with Crippen LogP contribution in [0.2, 0.25) is 0 Å². The van der Waals surface area contributed by atoms with Gasteiger partial charge in [-0.3, -0.25) is 4.79 Å². The summed E-state index contributed by atoms with van der Waals surface area (Å²) in [6.45, 7) is 1.80. The molecule has 0 aliphatic carbocycles. The molecule has 2 aromatic rings. The second kappa shape index (κ2) is 5.97. The van der Waals surface area contributed by atoms with Gasteiger partial charge in [0.2, 0.25) is 10.0 Å². The molecule has 0 saturated carbocycles. The van der Waals surface area contributed by atoms with Crippen LogP contribution in [0.5, 0.6) is 0 Å². The molecule has 5 nitrogen and oxygen atoms in total. The summed E-state index contributed by atoms with van der Waals surface area (Å²) >= 11 is 3.35. The van der Waals surface area contributed by atoms with Crippen molar-refractivity contribution in [1.29, 1.82) is 0 Å². The van der Waals surface area contributed by atoms with Crippen LogP contribution >= 0.6 is 15.9 Å². The van der Waals surface area contributed by atoms with Gasteiger partial charge in [-0.05, 0) is 36.8 Å². The molecule has 0 atom stereocenters. The van der Waals surface area contributed by atoms with Crippen molar-refractivity contribution in [3.8, 4) is 0 Å². The first-order chi connectivity index (χ1) is 9.80. The molecule has 1 amide bonds. The highest BCUT2D eigenvalue weighted by atomic mass is 79.9. The first-order valence-corrected chi connectivity index (χ1v) is 8.33. The van der Waals surface area contributed by atoms with E-state index < -0.39 is 15.9 Å². The maximum absolute atomic E-state index is 12.3. The molecule has 0 spiro atoms. The summed E-state index contributed by atoms with van der Waals surface area (Å²) in [5.74, 6) is -0.398. The maximum Gasteiger partial charge on any atom is 0.256 e. The fourth-order valence-electron chi connectivity index (χ4n) is 1.86. The van der Waals surface area contributed by atoms with E-state index in [1.807, 2.05) is 6.07 Å². The number of carbonyl (C=O) groups is 1. The summed E-state index contributed by atoms with van der Waals surface area (Å²) in [5.41, 5.74) is 1.38. The Labute approximate surface area is 131 Å². The molecule has 21 heavy (non-hydrogen) atoms. The lowest BCUT2D eigenvalue weighted by Gasteiger charge is -2.11. The van der Waals surface area contributed by atoms with Gasteiger partial charge in [-0.2, -0.15) is 0 Å². The van der Waals surface area contributed by atoms with Crippen molar-refractivity contribution in [3.63, 3.8) is 0 Å². The second-order valence-corrected chi connectivity index (χ2v) is 6.79. The van der Waals surface area contributed by atoms with Gasteiger partial charge in [0.25, 0.3) is 5.91 Å². The molecule has 0 bridgehead atoms. The smallest absolute Gasteiger partial charge is 0.256 e. The third kappa shape index (κ3) is 3.49. The quantitative estimate of drug-likeness (QED) is 0.872. The lowest BCUT2D eigenvalue weighted by atomic mass is 10.1. The van der Waals surface area contributed by atoms with E-state index in [2.05, 4.69) is 21.2 Å². The number of nitrogens with one attached hydrogen (secondary N) is 1. The number of halogens is 1. The summed E-state index contributed by atoms with van der Waals surface area (Å²) < 4.78 is 23.8. The largest absolute Gasteiger partial charge is 0.321 e. The SMILES string of the molecule is Cc1c(Br)cccc1C(=O)Nc1ccccc1S(N)(=O)=O. The molecule has 0 fully saturated rings. The minimum atomic E-state index is -3.90. The zero-order chi connectivity index (χ0) is 15.6. The van der Waals surface area contributed by atoms with Crippen molar-refractivity contribution >= 4 is 37.5 Å². The van der Waals surface area contributed by atoms with E-state index in [1.165, 1.54) is 12.1 Å². The average molecular weight is 369 g/mol. The van der Waals surface area contributed by atoms with E-state index in [0.717, 1.165) is 10.0 Å². The van der Waals surface area contributed by atoms with Gasteiger partial charge < -0.3 is 5.32 Å². The number of anilines is 1. The number of primary sulfonamides is 1. The predicted octanol–water partition coefficient (Wildman–Crippen LogP) is 2.66. The first kappa shape index (κ1) is 15.7. The number of carbonyl (C=O) groups excluding carboxylic acids is 1. The molecule has 0 saturated heterocycles. The molecule has 0 aromatic heterocycles. The highest BCUT2D eigenvalue weighted by Gasteiger charge is 2.17. The van der Waals surface area contributed by atoms with E-state index in [0.29, 0.717) is 5.56 Å². The molecular formula is C14H13BrN2O3S. The predicted molar refractivity (Wildman–Crippen MR) is 84.6 cm³/mol. The normalized spacial score (nSPS) is 11.2. The Kier molecular flexibility index (Phi) is 4.46. The molecule has 7 heteroatoms. The Morgan fingerprint density at radius 3 is 2.48 bits per heavy atom. The second-order valence-electron chi connectivity index (χ2n) is 4.41. The van der Waals surface area contributed by atoms with Gasteiger partial charge in [-0.25, -0.2) is 13.6 Å². The van der Waals surface area contributed by atoms with Crippen LogP contribution in [0.1, 0.15) is 15.9 Å². The number of hydrogen-bond donors (Lipinski definition) is 2. The Balaban J connectivity index is 2.40. The summed E-state index contributed by atoms with van der Waals surface area (Å²) in [7, 11) is -3.90. The van der Waals surface area contributed by atoms with Crippen LogP contribution in [0, 0.1) is 6.92 Å². The average Bonchev–Trinajstić information content (AvgIpc) is 2.41. The van der Waals surface area contributed by atoms with Gasteiger partial charge in [0, 0.05) is 10.0 Å². The monoisotopic (exact) mass is 368 g/mol. The van der Waals surface area contributed by atoms with E-state index in [-0.39, 0.29) is 10.6 Å². The van der Waals surface area contributed by atoms with Crippen molar-refractivity contribution in [2.45, 2.75) is 11.8 Å². The van der Waals surface area contributed by atoms with Gasteiger partial charge in [0.1, 0.15) is 4.90 Å². The number of benzene rings is 2. The molecule has 2 aromatic carbocycles. The van der Waals surface area contributed by atoms with Crippen molar-refractivity contribution in [3.05, 3.63) is 58.1 Å². The van der Waals surface area contributed by atoms with Crippen molar-refractivity contribution < 1.29 is 13.2 Å². The minimum Gasteiger partial charge on any atom is -0.321 e. The third-order valence-electron chi connectivity index (χ3n) is 2.95. The standard InChI is InChI=1S/C14H13BrN2O3S/c1-9-10(5-4-6-11(9)15)14(18)17-12-7-2-3-8-13(12)21(16,19)20/h2-8H,1H3,(H,17,18)(H2,16,19,20). The van der Waals surface area contributed by atoms with Gasteiger partial charge >= 0.3 is 0 Å². The number of sulfonamides is 1. The number of rotatable bonds is 3. The summed E-state index contributed by atoms with van der Waals surface area (Å²) in [5, 5.41) is 7.72. The summed E-state index contributed by atoms with van der Waals surface area (Å²) in [6.07, 6.45) is 0. The number of para-hydroxylation sites is 1. The summed E-state index contributed by atoms with van der Waals surface area (Å²) in [4.78, 5) is 12.2. The van der Waals surface area contributed by atoms with Gasteiger partial charge in [-0.1, -0.05) is 34.1 Å². The van der Waals surface area contributed by atoms with Crippen LogP contribution in [0.15, 0.2) is 51.8 Å². The molecule has 110 valence electrons. The minimum absolute atomic E-state index is 0.119. The zero-order valence-electron chi connectivity index (χ0n) is 11.1. The molecule has 0 aliphatic rings. The van der Waals surface area contributed by atoms with E-state index >= 15 is 0 Å². The number of hydrogen-bond acceptors (Lipinski definition) is 3. The Morgan fingerprint density at radius 1 is 1.14 bits per heavy atom. The van der Waals surface area contributed by atoms with E-state index in [4.69, 9.17) is 5.14 Å². The van der Waals surface area contributed by atoms with Crippen molar-refractivity contribution in [2.24, 2.45) is 5.14 Å². The van der Waals surface area contributed by atoms with Crippen LogP contribution in [0.3, 0.4) is 0 Å². The van der Waals surface area contributed by atoms with Crippen LogP contribution in [-0.4, -0.2) is 14.3 Å². The molecule has 2 rings (SSSR count). The van der Waals surface area contributed by atoms with Gasteiger partial charge in [0.05, 0.1) is 5.69 Å². The Hall–Kier alpha value is -1.70. The topological polar surface area (TPSA) is 89.3 Å². The van der Waals surface area contributed by atoms with Gasteiger partial charge in [0.15, 0.2) is 0 Å². The fraction of sp³-hybridized carbons (Fsp3) is 0.0714. The van der Waals surface area contributed by atoms with Crippen LogP contribution in [0.25, 0.3) is 0 Å². The lowest BCUT2D eigenvalue weighted by molar-refractivity contribution is 0.102. The van der Waals surface area contributed by atoms with Crippen molar-refractivity contribution in [1.82, 2.24) is 0 Å². The van der Waals surface area contributed by atoms with Gasteiger partial charge in [-0.15, -0.1) is 0 Å². The van der Waals surface area contributed by atoms with E-state index in [9.17, 15) is 13.2 Å². The zero-order valence-corrected chi connectivity index (χ0v) is 13.5. The maximum atomic E-state index is 12.3. The number of nitrogens with two attached hydrogens (primary N) is 1. The Morgan fingerprint density at radius 2 is 1.81 bits per heavy atom. The molecule has 0 heterocycles. The molecule has 0 unspecified atom stereocenters. The van der Waals surface area contributed by atoms with Crippen LogP contribution < -0.4 is 10.5 Å². The molecule has 3 N–H and O–H groups in total. The number of amides is 1. The molecule has 0 radical (unpaired) electrons. The summed E-state index contributed by atoms with van der Waals surface area (Å²) in [6, 6.07) is 11.2. The highest BCUT2D eigenvalue weighted by Crippen LogP contribution is 2.23. The van der Waals surface area contributed by atoms with Crippen LogP contribution in [-0.2, 0) is 10.0 Å². The van der Waals surface area contributed by atoms with E-state index in [1.54, 1.807) is 31.2 Å². The van der Waals surface area contributed by atoms with Crippen molar-refractivity contribution in [2.75, 3.05) is 5.32 Å².